The Morgan fingerprint density at radius 1 is 1.56 bits per heavy atom. The number of aliphatic hydroxyl groups excluding tert-OH is 1. The fourth-order valence-corrected chi connectivity index (χ4v) is 2.00. The van der Waals surface area contributed by atoms with Crippen molar-refractivity contribution in [2.45, 2.75) is 18.2 Å². The van der Waals surface area contributed by atoms with Crippen LogP contribution in [0.1, 0.15) is 23.7 Å². The second-order valence-corrected chi connectivity index (χ2v) is 5.02. The highest BCUT2D eigenvalue weighted by Gasteiger charge is 2.10. The second-order valence-electron chi connectivity index (χ2n) is 4.18. The summed E-state index contributed by atoms with van der Waals surface area (Å²) in [5.41, 5.74) is 0.456. The van der Waals surface area contributed by atoms with Crippen molar-refractivity contribution in [2.75, 3.05) is 19.4 Å². The standard InChI is InChI=1S/C13H18FNO2S/c1-9(5-6-16)8-15-13(17)10-3-4-11(14)12(7-10)18-2/h3-4,7,9,16H,5-6,8H2,1-2H3,(H,15,17). The monoisotopic (exact) mass is 271 g/mol. The van der Waals surface area contributed by atoms with Gasteiger partial charge in [-0.3, -0.25) is 4.79 Å². The molecule has 0 aliphatic rings. The number of hydrogen-bond donors (Lipinski definition) is 2. The summed E-state index contributed by atoms with van der Waals surface area (Å²) in [6.45, 7) is 2.57. The molecule has 0 bridgehead atoms. The minimum absolute atomic E-state index is 0.115. The maximum atomic E-state index is 13.3. The van der Waals surface area contributed by atoms with Gasteiger partial charge in [0, 0.05) is 23.6 Å². The fourth-order valence-electron chi connectivity index (χ4n) is 1.49. The zero-order valence-corrected chi connectivity index (χ0v) is 11.4. The molecular formula is C13H18FNO2S. The Labute approximate surface area is 111 Å². The number of amides is 1. The van der Waals surface area contributed by atoms with Crippen LogP contribution in [0.5, 0.6) is 0 Å². The maximum absolute atomic E-state index is 13.3. The molecule has 0 aliphatic carbocycles. The average molecular weight is 271 g/mol. The van der Waals surface area contributed by atoms with Crippen LogP contribution in [-0.2, 0) is 0 Å². The van der Waals surface area contributed by atoms with E-state index in [-0.39, 0.29) is 24.2 Å². The van der Waals surface area contributed by atoms with Gasteiger partial charge in [-0.1, -0.05) is 6.92 Å². The van der Waals surface area contributed by atoms with Crippen molar-refractivity contribution in [2.24, 2.45) is 5.92 Å². The highest BCUT2D eigenvalue weighted by molar-refractivity contribution is 7.98. The first-order valence-electron chi connectivity index (χ1n) is 5.81. The molecule has 1 aromatic carbocycles. The van der Waals surface area contributed by atoms with Gasteiger partial charge in [-0.15, -0.1) is 11.8 Å². The number of benzene rings is 1. The van der Waals surface area contributed by atoms with E-state index >= 15 is 0 Å². The molecule has 5 heteroatoms. The lowest BCUT2D eigenvalue weighted by atomic mass is 10.1. The molecule has 0 saturated carbocycles. The van der Waals surface area contributed by atoms with Gasteiger partial charge in [-0.05, 0) is 36.8 Å². The van der Waals surface area contributed by atoms with E-state index in [0.29, 0.717) is 23.4 Å². The fraction of sp³-hybridized carbons (Fsp3) is 0.462. The molecule has 18 heavy (non-hydrogen) atoms. The molecule has 0 spiro atoms. The molecule has 1 amide bonds. The van der Waals surface area contributed by atoms with Crippen LogP contribution >= 0.6 is 11.8 Å². The Balaban J connectivity index is 2.61. The van der Waals surface area contributed by atoms with Gasteiger partial charge < -0.3 is 10.4 Å². The van der Waals surface area contributed by atoms with Crippen LogP contribution in [-0.4, -0.2) is 30.4 Å². The third-order valence-corrected chi connectivity index (χ3v) is 3.40. The molecule has 0 radical (unpaired) electrons. The van der Waals surface area contributed by atoms with Crippen molar-refractivity contribution in [1.82, 2.24) is 5.32 Å². The number of halogens is 1. The lowest BCUT2D eigenvalue weighted by Crippen LogP contribution is -2.28. The van der Waals surface area contributed by atoms with Gasteiger partial charge in [0.1, 0.15) is 5.82 Å². The van der Waals surface area contributed by atoms with Crippen LogP contribution in [0.15, 0.2) is 23.1 Å². The third kappa shape index (κ3) is 4.31. The van der Waals surface area contributed by atoms with E-state index in [4.69, 9.17) is 5.11 Å². The molecule has 3 nitrogen and oxygen atoms in total. The summed E-state index contributed by atoms with van der Waals surface area (Å²) < 4.78 is 13.3. The molecule has 0 fully saturated rings. The minimum atomic E-state index is -0.312. The predicted octanol–water partition coefficient (Wildman–Crippen LogP) is 2.30. The normalized spacial score (nSPS) is 12.2. The van der Waals surface area contributed by atoms with Gasteiger partial charge in [0.25, 0.3) is 5.91 Å². The van der Waals surface area contributed by atoms with Crippen LogP contribution in [0.2, 0.25) is 0 Å². The predicted molar refractivity (Wildman–Crippen MR) is 71.4 cm³/mol. The van der Waals surface area contributed by atoms with E-state index in [1.165, 1.54) is 23.9 Å². The van der Waals surface area contributed by atoms with E-state index < -0.39 is 0 Å². The topological polar surface area (TPSA) is 49.3 Å². The number of rotatable bonds is 6. The first-order valence-corrected chi connectivity index (χ1v) is 7.03. The summed E-state index contributed by atoms with van der Waals surface area (Å²) in [4.78, 5) is 12.3. The van der Waals surface area contributed by atoms with Crippen LogP contribution in [0.3, 0.4) is 0 Å². The van der Waals surface area contributed by atoms with Gasteiger partial charge in [0.05, 0.1) is 0 Å². The molecule has 1 atom stereocenters. The summed E-state index contributed by atoms with van der Waals surface area (Å²) in [7, 11) is 0. The Hall–Kier alpha value is -1.07. The van der Waals surface area contributed by atoms with E-state index in [1.807, 2.05) is 6.92 Å². The quantitative estimate of drug-likeness (QED) is 0.781. The lowest BCUT2D eigenvalue weighted by molar-refractivity contribution is 0.0945. The molecular weight excluding hydrogens is 253 g/mol. The molecule has 0 heterocycles. The molecule has 1 rings (SSSR count). The molecule has 0 saturated heterocycles. The number of nitrogens with one attached hydrogen (secondary N) is 1. The lowest BCUT2D eigenvalue weighted by Gasteiger charge is -2.11. The molecule has 1 aromatic rings. The highest BCUT2D eigenvalue weighted by Crippen LogP contribution is 2.20. The van der Waals surface area contributed by atoms with Crippen LogP contribution in [0, 0.1) is 11.7 Å². The zero-order valence-electron chi connectivity index (χ0n) is 10.6. The van der Waals surface area contributed by atoms with Crippen LogP contribution in [0.25, 0.3) is 0 Å². The van der Waals surface area contributed by atoms with Crippen molar-refractivity contribution < 1.29 is 14.3 Å². The third-order valence-electron chi connectivity index (χ3n) is 2.65. The highest BCUT2D eigenvalue weighted by atomic mass is 32.2. The Bertz CT molecular complexity index is 412. The van der Waals surface area contributed by atoms with Gasteiger partial charge in [-0.2, -0.15) is 0 Å². The SMILES string of the molecule is CSc1cc(C(=O)NCC(C)CCO)ccc1F. The van der Waals surface area contributed by atoms with Crippen molar-refractivity contribution in [3.8, 4) is 0 Å². The Morgan fingerprint density at radius 2 is 2.28 bits per heavy atom. The summed E-state index contributed by atoms with van der Waals surface area (Å²) in [5.74, 6) is -0.304. The van der Waals surface area contributed by atoms with Crippen LogP contribution < -0.4 is 5.32 Å². The summed E-state index contributed by atoms with van der Waals surface area (Å²) >= 11 is 1.27. The van der Waals surface area contributed by atoms with Gasteiger partial charge >= 0.3 is 0 Å². The number of hydrogen-bond acceptors (Lipinski definition) is 3. The molecule has 2 N–H and O–H groups in total. The zero-order chi connectivity index (χ0) is 13.5. The van der Waals surface area contributed by atoms with E-state index in [0.717, 1.165) is 0 Å². The van der Waals surface area contributed by atoms with Crippen molar-refractivity contribution >= 4 is 17.7 Å². The molecule has 100 valence electrons. The summed E-state index contributed by atoms with van der Waals surface area (Å²) in [6.07, 6.45) is 2.42. The minimum Gasteiger partial charge on any atom is -0.396 e. The number of carbonyl (C=O) groups excluding carboxylic acids is 1. The number of aliphatic hydroxyl groups is 1. The van der Waals surface area contributed by atoms with Crippen molar-refractivity contribution in [3.05, 3.63) is 29.6 Å². The summed E-state index contributed by atoms with van der Waals surface area (Å²) in [6, 6.07) is 4.32. The Kier molecular flexibility index (Phi) is 6.15. The average Bonchev–Trinajstić information content (AvgIpc) is 2.37. The van der Waals surface area contributed by atoms with Gasteiger partial charge in [0.2, 0.25) is 0 Å². The molecule has 0 aliphatic heterocycles. The van der Waals surface area contributed by atoms with Crippen molar-refractivity contribution in [3.63, 3.8) is 0 Å². The maximum Gasteiger partial charge on any atom is 0.251 e. The molecule has 1 unspecified atom stereocenters. The Morgan fingerprint density at radius 3 is 2.89 bits per heavy atom. The van der Waals surface area contributed by atoms with Gasteiger partial charge in [0.15, 0.2) is 0 Å². The van der Waals surface area contributed by atoms with E-state index in [1.54, 1.807) is 12.3 Å². The molecule has 0 aromatic heterocycles. The van der Waals surface area contributed by atoms with E-state index in [2.05, 4.69) is 5.32 Å². The van der Waals surface area contributed by atoms with Crippen LogP contribution in [0.4, 0.5) is 4.39 Å². The summed E-state index contributed by atoms with van der Waals surface area (Å²) in [5, 5.41) is 11.5. The number of thioether (sulfide) groups is 1. The number of carbonyl (C=O) groups is 1. The smallest absolute Gasteiger partial charge is 0.251 e. The first kappa shape index (κ1) is 15.0. The van der Waals surface area contributed by atoms with Crippen molar-refractivity contribution in [1.29, 1.82) is 0 Å². The first-order chi connectivity index (χ1) is 8.58. The largest absolute Gasteiger partial charge is 0.396 e. The van der Waals surface area contributed by atoms with E-state index in [9.17, 15) is 9.18 Å². The van der Waals surface area contributed by atoms with Gasteiger partial charge in [-0.25, -0.2) is 4.39 Å². The second kappa shape index (κ2) is 7.38.